The topological polar surface area (TPSA) is 92.9 Å². The number of hydrogen-bond acceptors (Lipinski definition) is 6. The smallest absolute Gasteiger partial charge is 0.296 e. The summed E-state index contributed by atoms with van der Waals surface area (Å²) in [7, 11) is 1.42. The Morgan fingerprint density at radius 2 is 1.97 bits per heavy atom. The lowest BCUT2D eigenvalue weighted by Crippen LogP contribution is -2.30. The summed E-state index contributed by atoms with van der Waals surface area (Å²) in [5, 5.41) is 11.1. The number of hydrogen-bond donors (Lipinski definition) is 1. The molecule has 3 heterocycles. The fourth-order valence-corrected chi connectivity index (χ4v) is 4.63. The number of aryl methyl sites for hydroxylation is 1. The summed E-state index contributed by atoms with van der Waals surface area (Å²) in [4.78, 5) is 32.9. The molecule has 4 aromatic rings. The number of benzene rings is 2. The van der Waals surface area contributed by atoms with Gasteiger partial charge in [0.1, 0.15) is 11.4 Å². The summed E-state index contributed by atoms with van der Waals surface area (Å²) in [5.41, 5.74) is 1.62. The SMILES string of the molecule is COc1cc(C2c3c(oc4ccc(C)cc4c3=O)C(=O)N2c2ccc(Cl)cn2)cc(Br)c1O. The Bertz CT molecular complexity index is 1500. The van der Waals surface area contributed by atoms with Crippen molar-refractivity contribution < 1.29 is 19.1 Å². The standard InChI is InChI=1S/C24H16BrClN2O5/c1-11-3-5-16-14(7-11)21(29)19-20(12-8-15(25)22(30)17(9-12)32-2)28(24(31)23(19)33-16)18-6-4-13(26)10-27-18/h3-10,20,30H,1-2H3. The molecule has 166 valence electrons. The van der Waals surface area contributed by atoms with Crippen molar-refractivity contribution in [1.82, 2.24) is 4.98 Å². The lowest BCUT2D eigenvalue weighted by atomic mass is 9.97. The van der Waals surface area contributed by atoms with Crippen molar-refractivity contribution in [3.8, 4) is 11.5 Å². The van der Waals surface area contributed by atoms with E-state index >= 15 is 0 Å². The van der Waals surface area contributed by atoms with Crippen molar-refractivity contribution in [1.29, 1.82) is 0 Å². The fourth-order valence-electron chi connectivity index (χ4n) is 4.06. The number of fused-ring (bicyclic) bond motifs is 2. The van der Waals surface area contributed by atoms with E-state index in [1.165, 1.54) is 18.2 Å². The molecule has 0 spiro atoms. The summed E-state index contributed by atoms with van der Waals surface area (Å²) in [5.74, 6) is -0.175. The minimum absolute atomic E-state index is 0.0544. The third-order valence-corrected chi connectivity index (χ3v) is 6.40. The van der Waals surface area contributed by atoms with E-state index in [2.05, 4.69) is 20.9 Å². The first-order valence-electron chi connectivity index (χ1n) is 9.89. The molecule has 2 aromatic carbocycles. The average molecular weight is 528 g/mol. The quantitative estimate of drug-likeness (QED) is 0.385. The van der Waals surface area contributed by atoms with Crippen LogP contribution in [0.15, 0.2) is 62.3 Å². The van der Waals surface area contributed by atoms with Crippen LogP contribution in [0.5, 0.6) is 11.5 Å². The lowest BCUT2D eigenvalue weighted by molar-refractivity contribution is 0.0970. The Labute approximate surface area is 201 Å². The minimum Gasteiger partial charge on any atom is -0.503 e. The van der Waals surface area contributed by atoms with Crippen molar-refractivity contribution in [3.63, 3.8) is 0 Å². The van der Waals surface area contributed by atoms with Gasteiger partial charge in [0.05, 0.1) is 33.6 Å². The number of halogens is 2. The molecular formula is C24H16BrClN2O5. The van der Waals surface area contributed by atoms with Crippen LogP contribution in [0.3, 0.4) is 0 Å². The number of methoxy groups -OCH3 is 1. The molecule has 0 fully saturated rings. The van der Waals surface area contributed by atoms with Gasteiger partial charge in [0, 0.05) is 6.20 Å². The second-order valence-electron chi connectivity index (χ2n) is 7.64. The van der Waals surface area contributed by atoms with Crippen LogP contribution < -0.4 is 15.1 Å². The van der Waals surface area contributed by atoms with Crippen LogP contribution in [-0.2, 0) is 0 Å². The van der Waals surface area contributed by atoms with Gasteiger partial charge in [0.2, 0.25) is 5.76 Å². The highest BCUT2D eigenvalue weighted by atomic mass is 79.9. The molecule has 0 aliphatic carbocycles. The third kappa shape index (κ3) is 3.37. The zero-order chi connectivity index (χ0) is 23.4. The van der Waals surface area contributed by atoms with Gasteiger partial charge in [-0.2, -0.15) is 0 Å². The maximum atomic E-state index is 13.7. The minimum atomic E-state index is -0.867. The molecule has 5 rings (SSSR count). The number of ether oxygens (including phenoxy) is 1. The number of phenolic OH excluding ortho intramolecular Hbond substituents is 1. The van der Waals surface area contributed by atoms with E-state index in [9.17, 15) is 14.7 Å². The zero-order valence-corrected chi connectivity index (χ0v) is 19.8. The molecule has 1 aliphatic rings. The first kappa shape index (κ1) is 21.5. The van der Waals surface area contributed by atoms with E-state index < -0.39 is 11.9 Å². The molecule has 2 aromatic heterocycles. The monoisotopic (exact) mass is 526 g/mol. The van der Waals surface area contributed by atoms with E-state index in [1.54, 1.807) is 36.4 Å². The van der Waals surface area contributed by atoms with Crippen LogP contribution in [-0.4, -0.2) is 23.1 Å². The highest BCUT2D eigenvalue weighted by Gasteiger charge is 2.44. The fraction of sp³-hybridized carbons (Fsp3) is 0.125. The number of aromatic nitrogens is 1. The number of nitrogens with zero attached hydrogens (tertiary/aromatic N) is 2. The number of carbonyl (C=O) groups excluding carboxylic acids is 1. The van der Waals surface area contributed by atoms with E-state index in [0.717, 1.165) is 5.56 Å². The first-order chi connectivity index (χ1) is 15.8. The van der Waals surface area contributed by atoms with Crippen molar-refractivity contribution in [2.75, 3.05) is 12.0 Å². The van der Waals surface area contributed by atoms with Crippen molar-refractivity contribution in [2.45, 2.75) is 13.0 Å². The molecule has 0 saturated heterocycles. The van der Waals surface area contributed by atoms with Crippen LogP contribution >= 0.6 is 27.5 Å². The summed E-state index contributed by atoms with van der Waals surface area (Å²) in [6.07, 6.45) is 1.42. The molecule has 33 heavy (non-hydrogen) atoms. The molecular weight excluding hydrogens is 512 g/mol. The molecule has 7 nitrogen and oxygen atoms in total. The summed E-state index contributed by atoms with van der Waals surface area (Å²) < 4.78 is 11.6. The van der Waals surface area contributed by atoms with Gasteiger partial charge in [-0.15, -0.1) is 0 Å². The van der Waals surface area contributed by atoms with Crippen molar-refractivity contribution in [2.24, 2.45) is 0 Å². The molecule has 0 radical (unpaired) electrons. The predicted molar refractivity (Wildman–Crippen MR) is 127 cm³/mol. The highest BCUT2D eigenvalue weighted by molar-refractivity contribution is 9.10. The number of pyridine rings is 1. The van der Waals surface area contributed by atoms with E-state index in [0.29, 0.717) is 31.8 Å². The van der Waals surface area contributed by atoms with Crippen LogP contribution in [0.1, 0.15) is 33.3 Å². The summed E-state index contributed by atoms with van der Waals surface area (Å²) in [6, 6.07) is 10.8. The van der Waals surface area contributed by atoms with E-state index in [1.807, 2.05) is 13.0 Å². The first-order valence-corrected chi connectivity index (χ1v) is 11.1. The second-order valence-corrected chi connectivity index (χ2v) is 8.93. The van der Waals surface area contributed by atoms with Gasteiger partial charge in [-0.3, -0.25) is 14.5 Å². The Kier molecular flexibility index (Phi) is 5.14. The van der Waals surface area contributed by atoms with Crippen molar-refractivity contribution >= 4 is 50.2 Å². The van der Waals surface area contributed by atoms with Crippen LogP contribution in [0, 0.1) is 6.92 Å². The molecule has 1 aliphatic heterocycles. The number of amides is 1. The normalized spacial score (nSPS) is 15.2. The van der Waals surface area contributed by atoms with Gasteiger partial charge in [0.15, 0.2) is 16.9 Å². The van der Waals surface area contributed by atoms with Gasteiger partial charge in [0.25, 0.3) is 5.91 Å². The van der Waals surface area contributed by atoms with E-state index in [-0.39, 0.29) is 28.3 Å². The summed E-state index contributed by atoms with van der Waals surface area (Å²) >= 11 is 9.33. The number of aromatic hydroxyl groups is 1. The number of phenols is 1. The number of rotatable bonds is 3. The largest absolute Gasteiger partial charge is 0.503 e. The zero-order valence-electron chi connectivity index (χ0n) is 17.4. The molecule has 9 heteroatoms. The second kappa shape index (κ2) is 7.90. The molecule has 1 unspecified atom stereocenters. The molecule has 1 N–H and O–H groups in total. The third-order valence-electron chi connectivity index (χ3n) is 5.57. The molecule has 0 bridgehead atoms. The Morgan fingerprint density at radius 1 is 1.18 bits per heavy atom. The van der Waals surface area contributed by atoms with Gasteiger partial charge in [-0.1, -0.05) is 23.2 Å². The number of anilines is 1. The van der Waals surface area contributed by atoms with Gasteiger partial charge in [-0.05, 0) is 64.8 Å². The Balaban J connectivity index is 1.84. The summed E-state index contributed by atoms with van der Waals surface area (Å²) in [6.45, 7) is 1.88. The van der Waals surface area contributed by atoms with E-state index in [4.69, 9.17) is 20.8 Å². The van der Waals surface area contributed by atoms with Crippen LogP contribution in [0.25, 0.3) is 11.0 Å². The molecule has 1 atom stereocenters. The lowest BCUT2D eigenvalue weighted by Gasteiger charge is -2.25. The predicted octanol–water partition coefficient (Wildman–Crippen LogP) is 5.38. The Hall–Kier alpha value is -3.36. The van der Waals surface area contributed by atoms with Crippen LogP contribution in [0.4, 0.5) is 5.82 Å². The van der Waals surface area contributed by atoms with Gasteiger partial charge >= 0.3 is 0 Å². The van der Waals surface area contributed by atoms with Crippen LogP contribution in [0.2, 0.25) is 5.02 Å². The van der Waals surface area contributed by atoms with Gasteiger partial charge in [-0.25, -0.2) is 4.98 Å². The molecule has 1 amide bonds. The maximum absolute atomic E-state index is 13.7. The maximum Gasteiger partial charge on any atom is 0.296 e. The molecule has 0 saturated carbocycles. The highest BCUT2D eigenvalue weighted by Crippen LogP contribution is 2.44. The Morgan fingerprint density at radius 3 is 2.67 bits per heavy atom. The van der Waals surface area contributed by atoms with Crippen molar-refractivity contribution in [3.05, 3.63) is 90.8 Å². The number of carbonyl (C=O) groups is 1. The average Bonchev–Trinajstić information content (AvgIpc) is 3.09. The van der Waals surface area contributed by atoms with Gasteiger partial charge < -0.3 is 14.3 Å².